The molecule has 0 spiro atoms. The molecule has 2 N–H and O–H groups in total. The Labute approximate surface area is 142 Å². The van der Waals surface area contributed by atoms with E-state index in [2.05, 4.69) is 34.4 Å². The van der Waals surface area contributed by atoms with E-state index in [0.717, 1.165) is 23.7 Å². The fourth-order valence-electron chi connectivity index (χ4n) is 4.09. The molecule has 1 saturated heterocycles. The molecule has 3 heterocycles. The zero-order valence-corrected chi connectivity index (χ0v) is 14.9. The van der Waals surface area contributed by atoms with E-state index in [0.29, 0.717) is 6.04 Å². The molecule has 4 nitrogen and oxygen atoms in total. The lowest BCUT2D eigenvalue weighted by Crippen LogP contribution is -2.28. The number of anilines is 1. The van der Waals surface area contributed by atoms with Gasteiger partial charge in [0.25, 0.3) is 0 Å². The number of rotatable bonds is 2. The van der Waals surface area contributed by atoms with Crippen molar-refractivity contribution < 1.29 is 0 Å². The Morgan fingerprint density at radius 3 is 2.78 bits per heavy atom. The number of nitrogens with zero attached hydrogens (tertiary/aromatic N) is 2. The first-order chi connectivity index (χ1) is 11.1. The summed E-state index contributed by atoms with van der Waals surface area (Å²) in [6, 6.07) is 0.537. The molecule has 0 radical (unpaired) electrons. The number of hydrogen-bond acceptors (Lipinski definition) is 5. The van der Waals surface area contributed by atoms with Crippen LogP contribution in [0.1, 0.15) is 56.4 Å². The summed E-state index contributed by atoms with van der Waals surface area (Å²) in [7, 11) is 0. The van der Waals surface area contributed by atoms with Gasteiger partial charge in [-0.2, -0.15) is 0 Å². The lowest BCUT2D eigenvalue weighted by molar-refractivity contribution is 0.482. The Bertz CT molecular complexity index is 698. The van der Waals surface area contributed by atoms with E-state index >= 15 is 0 Å². The highest BCUT2D eigenvalue weighted by Gasteiger charge is 2.35. The van der Waals surface area contributed by atoms with E-state index in [4.69, 9.17) is 0 Å². The molecule has 124 valence electrons. The fraction of sp³-hybridized carbons (Fsp3) is 0.667. The third kappa shape index (κ3) is 2.85. The van der Waals surface area contributed by atoms with E-state index < -0.39 is 0 Å². The largest absolute Gasteiger partial charge is 0.367 e. The van der Waals surface area contributed by atoms with Crippen LogP contribution in [0.15, 0.2) is 6.33 Å². The first kappa shape index (κ1) is 15.3. The van der Waals surface area contributed by atoms with Gasteiger partial charge in [-0.15, -0.1) is 11.3 Å². The monoisotopic (exact) mass is 330 g/mol. The Morgan fingerprint density at radius 1 is 1.22 bits per heavy atom. The Morgan fingerprint density at radius 2 is 2.00 bits per heavy atom. The number of aromatic nitrogens is 2. The molecule has 23 heavy (non-hydrogen) atoms. The van der Waals surface area contributed by atoms with E-state index in [9.17, 15) is 0 Å². The highest BCUT2D eigenvalue weighted by molar-refractivity contribution is 7.19. The van der Waals surface area contributed by atoms with Crippen LogP contribution in [0.2, 0.25) is 0 Å². The number of aryl methyl sites for hydroxylation is 1. The first-order valence-electron chi connectivity index (χ1n) is 8.89. The van der Waals surface area contributed by atoms with E-state index in [1.807, 2.05) is 11.3 Å². The smallest absolute Gasteiger partial charge is 0.138 e. The van der Waals surface area contributed by atoms with Crippen molar-refractivity contribution in [2.24, 2.45) is 0 Å². The van der Waals surface area contributed by atoms with Gasteiger partial charge in [-0.3, -0.25) is 0 Å². The molecular formula is C18H26N4S. The Kier molecular flexibility index (Phi) is 4.01. The van der Waals surface area contributed by atoms with Crippen molar-refractivity contribution in [3.05, 3.63) is 16.8 Å². The molecule has 0 aromatic carbocycles. The van der Waals surface area contributed by atoms with Gasteiger partial charge in [0.15, 0.2) is 0 Å². The molecule has 0 saturated carbocycles. The summed E-state index contributed by atoms with van der Waals surface area (Å²) in [5.41, 5.74) is 1.76. The topological polar surface area (TPSA) is 49.8 Å². The van der Waals surface area contributed by atoms with Gasteiger partial charge in [0.2, 0.25) is 0 Å². The summed E-state index contributed by atoms with van der Waals surface area (Å²) in [6.45, 7) is 7.00. The molecule has 2 aromatic heterocycles. The molecule has 1 aliphatic carbocycles. The highest BCUT2D eigenvalue weighted by atomic mass is 32.1. The van der Waals surface area contributed by atoms with Gasteiger partial charge in [-0.25, -0.2) is 9.97 Å². The Hall–Kier alpha value is -1.20. The van der Waals surface area contributed by atoms with Crippen LogP contribution in [0, 0.1) is 0 Å². The third-order valence-electron chi connectivity index (χ3n) is 5.37. The first-order valence-corrected chi connectivity index (χ1v) is 9.71. The zero-order chi connectivity index (χ0) is 15.9. The fourth-order valence-corrected chi connectivity index (χ4v) is 5.40. The van der Waals surface area contributed by atoms with Crippen molar-refractivity contribution >= 4 is 27.4 Å². The van der Waals surface area contributed by atoms with Crippen LogP contribution >= 0.6 is 11.3 Å². The second-order valence-electron chi connectivity index (χ2n) is 7.56. The van der Waals surface area contributed by atoms with Crippen LogP contribution in [0.4, 0.5) is 5.82 Å². The molecule has 1 fully saturated rings. The maximum Gasteiger partial charge on any atom is 0.138 e. The second kappa shape index (κ2) is 6.02. The zero-order valence-electron chi connectivity index (χ0n) is 14.1. The van der Waals surface area contributed by atoms with E-state index in [1.54, 1.807) is 6.33 Å². The molecule has 4 rings (SSSR count). The average Bonchev–Trinajstić information content (AvgIpc) is 3.00. The molecule has 2 aromatic rings. The van der Waals surface area contributed by atoms with E-state index in [-0.39, 0.29) is 5.41 Å². The molecule has 0 bridgehead atoms. The number of hydrogen-bond donors (Lipinski definition) is 2. The van der Waals surface area contributed by atoms with Crippen LogP contribution in [-0.2, 0) is 11.8 Å². The van der Waals surface area contributed by atoms with Gasteiger partial charge in [0.05, 0.1) is 5.39 Å². The van der Waals surface area contributed by atoms with Gasteiger partial charge < -0.3 is 10.6 Å². The van der Waals surface area contributed by atoms with Crippen molar-refractivity contribution in [2.45, 2.75) is 63.8 Å². The van der Waals surface area contributed by atoms with Gasteiger partial charge in [0.1, 0.15) is 17.0 Å². The minimum absolute atomic E-state index is 0.250. The van der Waals surface area contributed by atoms with Crippen LogP contribution in [0.3, 0.4) is 0 Å². The molecule has 0 amide bonds. The number of nitrogens with one attached hydrogen (secondary N) is 2. The average molecular weight is 331 g/mol. The SMILES string of the molecule is CC1(C)CCc2sc3ncnc(NC4CCCNCCC4)c3c21. The predicted molar refractivity (Wildman–Crippen MR) is 97.5 cm³/mol. The highest BCUT2D eigenvalue weighted by Crippen LogP contribution is 2.48. The van der Waals surface area contributed by atoms with Crippen molar-refractivity contribution in [3.63, 3.8) is 0 Å². The molecule has 5 heteroatoms. The minimum Gasteiger partial charge on any atom is -0.367 e. The van der Waals surface area contributed by atoms with Crippen molar-refractivity contribution in [3.8, 4) is 0 Å². The summed E-state index contributed by atoms with van der Waals surface area (Å²) in [4.78, 5) is 11.9. The molecule has 0 unspecified atom stereocenters. The number of thiophene rings is 1. The molecule has 1 aliphatic heterocycles. The van der Waals surface area contributed by atoms with Crippen LogP contribution < -0.4 is 10.6 Å². The van der Waals surface area contributed by atoms with Crippen LogP contribution in [-0.4, -0.2) is 29.1 Å². The number of fused-ring (bicyclic) bond motifs is 3. The third-order valence-corrected chi connectivity index (χ3v) is 6.53. The summed E-state index contributed by atoms with van der Waals surface area (Å²) >= 11 is 1.87. The van der Waals surface area contributed by atoms with Gasteiger partial charge in [-0.1, -0.05) is 13.8 Å². The summed E-state index contributed by atoms with van der Waals surface area (Å²) < 4.78 is 0. The van der Waals surface area contributed by atoms with E-state index in [1.165, 1.54) is 54.4 Å². The van der Waals surface area contributed by atoms with Crippen LogP contribution in [0.5, 0.6) is 0 Å². The second-order valence-corrected chi connectivity index (χ2v) is 8.65. The maximum absolute atomic E-state index is 4.64. The normalized spacial score (nSPS) is 21.8. The maximum atomic E-state index is 4.64. The molecular weight excluding hydrogens is 304 g/mol. The predicted octanol–water partition coefficient (Wildman–Crippen LogP) is 3.86. The van der Waals surface area contributed by atoms with Crippen molar-refractivity contribution in [2.75, 3.05) is 18.4 Å². The summed E-state index contributed by atoms with van der Waals surface area (Å²) in [5.74, 6) is 1.07. The molecule has 2 aliphatic rings. The van der Waals surface area contributed by atoms with Gasteiger partial charge in [-0.05, 0) is 62.6 Å². The quantitative estimate of drug-likeness (QED) is 0.878. The lowest BCUT2D eigenvalue weighted by Gasteiger charge is -2.24. The summed E-state index contributed by atoms with van der Waals surface area (Å²) in [5, 5.41) is 8.56. The standard InChI is InChI=1S/C18H26N4S/c1-18(2)8-7-13-15(18)14-16(20-11-21-17(14)23-13)22-12-5-3-9-19-10-4-6-12/h11-12,19H,3-10H2,1-2H3,(H,20,21,22). The summed E-state index contributed by atoms with van der Waals surface area (Å²) in [6.07, 6.45) is 9.07. The Balaban J connectivity index is 1.70. The van der Waals surface area contributed by atoms with Crippen molar-refractivity contribution in [1.29, 1.82) is 0 Å². The molecule has 0 atom stereocenters. The lowest BCUT2D eigenvalue weighted by atomic mass is 9.86. The minimum atomic E-state index is 0.250. The van der Waals surface area contributed by atoms with Gasteiger partial charge in [0, 0.05) is 10.9 Å². The van der Waals surface area contributed by atoms with Crippen LogP contribution in [0.25, 0.3) is 10.2 Å². The van der Waals surface area contributed by atoms with Crippen molar-refractivity contribution in [1.82, 2.24) is 15.3 Å². The van der Waals surface area contributed by atoms with Gasteiger partial charge >= 0.3 is 0 Å².